The van der Waals surface area contributed by atoms with E-state index in [2.05, 4.69) is 45.0 Å². The van der Waals surface area contributed by atoms with Crippen molar-refractivity contribution in [2.75, 3.05) is 6.54 Å². The topological polar surface area (TPSA) is 38.9 Å². The summed E-state index contributed by atoms with van der Waals surface area (Å²) in [5.74, 6) is 0. The van der Waals surface area contributed by atoms with Gasteiger partial charge in [0.2, 0.25) is 0 Å². The van der Waals surface area contributed by atoms with Crippen LogP contribution in [-0.4, -0.2) is 11.5 Å². The fourth-order valence-electron chi connectivity index (χ4n) is 2.04. The van der Waals surface area contributed by atoms with Gasteiger partial charge < -0.3 is 5.73 Å². The Morgan fingerprint density at radius 1 is 1.22 bits per heavy atom. The van der Waals surface area contributed by atoms with Crippen molar-refractivity contribution in [2.45, 2.75) is 32.6 Å². The predicted molar refractivity (Wildman–Crippen MR) is 78.2 cm³/mol. The maximum Gasteiger partial charge on any atom is 0.103 e. The van der Waals surface area contributed by atoms with Crippen molar-refractivity contribution in [1.29, 1.82) is 0 Å². The first-order chi connectivity index (χ1) is 8.55. The lowest BCUT2D eigenvalue weighted by Crippen LogP contribution is -2.18. The Kier molecular flexibility index (Phi) is 3.83. The average molecular weight is 260 g/mol. The van der Waals surface area contributed by atoms with Crippen LogP contribution in [0.4, 0.5) is 0 Å². The maximum absolute atomic E-state index is 5.64. The first-order valence-corrected chi connectivity index (χ1v) is 7.09. The number of hydrogen-bond acceptors (Lipinski definition) is 3. The summed E-state index contributed by atoms with van der Waals surface area (Å²) in [6, 6.07) is 10.5. The van der Waals surface area contributed by atoms with E-state index in [-0.39, 0.29) is 5.41 Å². The number of nitrogens with zero attached hydrogens (tertiary/aromatic N) is 1. The molecule has 0 unspecified atom stereocenters. The summed E-state index contributed by atoms with van der Waals surface area (Å²) >= 11 is 1.79. The van der Waals surface area contributed by atoms with Crippen LogP contribution < -0.4 is 5.73 Å². The summed E-state index contributed by atoms with van der Waals surface area (Å²) in [6.07, 6.45) is 0.925. The van der Waals surface area contributed by atoms with E-state index in [1.807, 2.05) is 6.07 Å². The van der Waals surface area contributed by atoms with E-state index >= 15 is 0 Å². The van der Waals surface area contributed by atoms with Crippen molar-refractivity contribution in [3.8, 4) is 0 Å². The molecule has 0 radical (unpaired) electrons. The highest BCUT2D eigenvalue weighted by Crippen LogP contribution is 2.35. The lowest BCUT2D eigenvalue weighted by atomic mass is 9.85. The molecule has 0 saturated carbocycles. The molecule has 1 heterocycles. The van der Waals surface area contributed by atoms with Crippen LogP contribution in [0.25, 0.3) is 0 Å². The van der Waals surface area contributed by atoms with Crippen LogP contribution in [0, 0.1) is 6.92 Å². The van der Waals surface area contributed by atoms with Gasteiger partial charge >= 0.3 is 0 Å². The average Bonchev–Trinajstić information content (AvgIpc) is 2.73. The molecule has 0 aliphatic rings. The van der Waals surface area contributed by atoms with Crippen LogP contribution in [0.1, 0.15) is 35.0 Å². The van der Waals surface area contributed by atoms with Gasteiger partial charge in [-0.3, -0.25) is 0 Å². The van der Waals surface area contributed by atoms with Gasteiger partial charge in [0.15, 0.2) is 0 Å². The minimum absolute atomic E-state index is 0.0382. The number of thiazole rings is 1. The molecule has 3 heteroatoms. The van der Waals surface area contributed by atoms with Crippen LogP contribution in [0.5, 0.6) is 0 Å². The van der Waals surface area contributed by atoms with E-state index in [4.69, 9.17) is 10.7 Å². The second-order valence-electron chi connectivity index (χ2n) is 5.06. The quantitative estimate of drug-likeness (QED) is 0.916. The zero-order valence-corrected chi connectivity index (χ0v) is 12.1. The van der Waals surface area contributed by atoms with Crippen LogP contribution >= 0.6 is 11.3 Å². The van der Waals surface area contributed by atoms with Crippen LogP contribution in [0.15, 0.2) is 30.3 Å². The second kappa shape index (κ2) is 5.21. The van der Waals surface area contributed by atoms with E-state index in [1.165, 1.54) is 15.4 Å². The summed E-state index contributed by atoms with van der Waals surface area (Å²) in [4.78, 5) is 6.06. The highest BCUT2D eigenvalue weighted by molar-refractivity contribution is 7.12. The first-order valence-electron chi connectivity index (χ1n) is 6.28. The van der Waals surface area contributed by atoms with E-state index in [1.54, 1.807) is 11.3 Å². The molecular formula is C15H20N2S. The van der Waals surface area contributed by atoms with Crippen molar-refractivity contribution < 1.29 is 0 Å². The van der Waals surface area contributed by atoms with Crippen molar-refractivity contribution in [3.05, 3.63) is 51.5 Å². The van der Waals surface area contributed by atoms with Gasteiger partial charge in [-0.25, -0.2) is 4.98 Å². The molecule has 0 aliphatic carbocycles. The molecule has 1 aromatic heterocycles. The number of aryl methyl sites for hydroxylation is 1. The molecule has 0 spiro atoms. The molecule has 2 N–H and O–H groups in total. The number of rotatable bonds is 4. The number of aromatic nitrogens is 1. The summed E-state index contributed by atoms with van der Waals surface area (Å²) in [5, 5.41) is 1.18. The van der Waals surface area contributed by atoms with Crippen LogP contribution in [-0.2, 0) is 11.8 Å². The van der Waals surface area contributed by atoms with Crippen molar-refractivity contribution >= 4 is 11.3 Å². The van der Waals surface area contributed by atoms with Gasteiger partial charge in [0.1, 0.15) is 5.01 Å². The highest BCUT2D eigenvalue weighted by Gasteiger charge is 2.27. The molecule has 0 atom stereocenters. The normalized spacial score (nSPS) is 11.8. The van der Waals surface area contributed by atoms with Crippen molar-refractivity contribution in [2.24, 2.45) is 5.73 Å². The lowest BCUT2D eigenvalue weighted by Gasteiger charge is -2.22. The molecule has 2 rings (SSSR count). The van der Waals surface area contributed by atoms with E-state index < -0.39 is 0 Å². The largest absolute Gasteiger partial charge is 0.330 e. The SMILES string of the molecule is Cc1nc(C(C)(C)c2ccccc2)sc1CCN. The fourth-order valence-corrected chi connectivity index (χ4v) is 3.24. The fraction of sp³-hybridized carbons (Fsp3) is 0.400. The molecule has 2 aromatic rings. The molecule has 0 fully saturated rings. The minimum atomic E-state index is -0.0382. The Bertz CT molecular complexity index is 515. The lowest BCUT2D eigenvalue weighted by molar-refractivity contribution is 0.633. The molecule has 0 amide bonds. The van der Waals surface area contributed by atoms with Gasteiger partial charge in [-0.1, -0.05) is 30.3 Å². The Balaban J connectivity index is 2.38. The monoisotopic (exact) mass is 260 g/mol. The third-order valence-corrected chi connectivity index (χ3v) is 4.84. The summed E-state index contributed by atoms with van der Waals surface area (Å²) < 4.78 is 0. The second-order valence-corrected chi connectivity index (χ2v) is 6.14. The molecule has 1 aromatic carbocycles. The van der Waals surface area contributed by atoms with Crippen molar-refractivity contribution in [1.82, 2.24) is 4.98 Å². The van der Waals surface area contributed by atoms with Crippen LogP contribution in [0.3, 0.4) is 0 Å². The van der Waals surface area contributed by atoms with Gasteiger partial charge in [0.25, 0.3) is 0 Å². The van der Waals surface area contributed by atoms with Gasteiger partial charge in [-0.2, -0.15) is 0 Å². The molecule has 96 valence electrons. The minimum Gasteiger partial charge on any atom is -0.330 e. The Hall–Kier alpha value is -1.19. The molecule has 0 saturated heterocycles. The summed E-state index contributed by atoms with van der Waals surface area (Å²) in [6.45, 7) is 7.22. The number of nitrogens with two attached hydrogens (primary N) is 1. The Labute approximate surface area is 113 Å². The summed E-state index contributed by atoms with van der Waals surface area (Å²) in [5.41, 5.74) is 8.03. The summed E-state index contributed by atoms with van der Waals surface area (Å²) in [7, 11) is 0. The van der Waals surface area contributed by atoms with E-state index in [9.17, 15) is 0 Å². The zero-order valence-electron chi connectivity index (χ0n) is 11.2. The molecule has 2 nitrogen and oxygen atoms in total. The number of benzene rings is 1. The van der Waals surface area contributed by atoms with E-state index in [0.717, 1.165) is 12.1 Å². The van der Waals surface area contributed by atoms with Gasteiger partial charge in [0.05, 0.1) is 5.69 Å². The Morgan fingerprint density at radius 3 is 2.50 bits per heavy atom. The molecular weight excluding hydrogens is 240 g/mol. The smallest absolute Gasteiger partial charge is 0.103 e. The first kappa shape index (κ1) is 13.2. The third-order valence-electron chi connectivity index (χ3n) is 3.29. The molecule has 18 heavy (non-hydrogen) atoms. The van der Waals surface area contributed by atoms with Crippen molar-refractivity contribution in [3.63, 3.8) is 0 Å². The van der Waals surface area contributed by atoms with Gasteiger partial charge in [0, 0.05) is 10.3 Å². The third kappa shape index (κ3) is 2.47. The van der Waals surface area contributed by atoms with Gasteiger partial charge in [-0.15, -0.1) is 11.3 Å². The maximum atomic E-state index is 5.64. The standard InChI is InChI=1S/C15H20N2S/c1-11-13(9-10-16)18-14(17-11)15(2,3)12-7-5-4-6-8-12/h4-8H,9-10,16H2,1-3H3. The van der Waals surface area contributed by atoms with E-state index in [0.29, 0.717) is 6.54 Å². The Morgan fingerprint density at radius 2 is 1.89 bits per heavy atom. The predicted octanol–water partition coefficient (Wildman–Crippen LogP) is 3.28. The molecule has 0 bridgehead atoms. The number of hydrogen-bond donors (Lipinski definition) is 1. The zero-order chi connectivity index (χ0) is 13.2. The molecule has 0 aliphatic heterocycles. The van der Waals surface area contributed by atoms with Crippen LogP contribution in [0.2, 0.25) is 0 Å². The highest BCUT2D eigenvalue weighted by atomic mass is 32.1. The van der Waals surface area contributed by atoms with Gasteiger partial charge in [-0.05, 0) is 39.3 Å².